The van der Waals surface area contributed by atoms with Crippen molar-refractivity contribution in [3.05, 3.63) is 203 Å². The van der Waals surface area contributed by atoms with Gasteiger partial charge in [0.25, 0.3) is 0 Å². The second-order valence-corrected chi connectivity index (χ2v) is 25.0. The average Bonchev–Trinajstić information content (AvgIpc) is 4.33. The molecule has 0 amide bonds. The molecular formula is C72H72N4O4+2. The molecule has 2 fully saturated rings. The van der Waals surface area contributed by atoms with E-state index in [0.29, 0.717) is 13.6 Å². The van der Waals surface area contributed by atoms with Crippen molar-refractivity contribution in [3.8, 4) is 23.0 Å². The summed E-state index contributed by atoms with van der Waals surface area (Å²) in [6.45, 7) is 11.8. The monoisotopic (exact) mass is 1060 g/mol. The first-order valence-electron chi connectivity index (χ1n) is 29.5. The number of likely N-dealkylation sites (N-methyl/N-ethyl adjacent to an activating group) is 2. The van der Waals surface area contributed by atoms with Crippen LogP contribution in [0.3, 0.4) is 0 Å². The number of allylic oxidation sites excluding steroid dienone is 8. The molecule has 2 aliphatic carbocycles. The standard InChI is InChI=1S/C72H72N4O4/c1-69(2)63(23-17-25-65-71(35-13-7-14-36-71)53-39-59-61(79-45-77-59)41-57(53)73(65)5)75(55-33-31-49-19-9-11-21-51(49)67(55)69)43-47-27-29-48(30-28-47)44-76-56-34-32-50-20-10-12-22-52(50)68(56)70(3,4)64(76)24-18-26-66-72(37-15-8-16-38-72)54-40-60-62(80-46-78-60)42-58(54)74(66)6/h9-12,17-34,39-42H,7-8,13-16,35-38,43-46H2,1-6H3/q+2. The van der Waals surface area contributed by atoms with Crippen LogP contribution in [0.1, 0.15) is 125 Å². The lowest BCUT2D eigenvalue weighted by Crippen LogP contribution is -2.32. The highest BCUT2D eigenvalue weighted by Gasteiger charge is 2.51. The molecule has 8 aliphatic rings. The molecular weight excluding hydrogens is 985 g/mol. The molecule has 2 spiro atoms. The van der Waals surface area contributed by atoms with Gasteiger partial charge in [-0.25, -0.2) is 0 Å². The Morgan fingerprint density at radius 2 is 0.850 bits per heavy atom. The van der Waals surface area contributed by atoms with E-state index in [0.717, 1.165) is 61.8 Å². The van der Waals surface area contributed by atoms with Gasteiger partial charge in [-0.3, -0.25) is 0 Å². The number of hydrogen-bond donors (Lipinski definition) is 0. The minimum Gasteiger partial charge on any atom is -0.454 e. The van der Waals surface area contributed by atoms with Gasteiger partial charge >= 0.3 is 0 Å². The summed E-state index contributed by atoms with van der Waals surface area (Å²) in [6.07, 6.45) is 26.4. The van der Waals surface area contributed by atoms with Gasteiger partial charge in [-0.05, 0) is 122 Å². The summed E-state index contributed by atoms with van der Waals surface area (Å²) in [5, 5.41) is 5.20. The van der Waals surface area contributed by atoms with Gasteiger partial charge in [0.2, 0.25) is 25.0 Å². The second kappa shape index (κ2) is 18.4. The van der Waals surface area contributed by atoms with Gasteiger partial charge in [-0.1, -0.05) is 123 Å². The Balaban J connectivity index is 0.785. The van der Waals surface area contributed by atoms with Crippen LogP contribution in [-0.2, 0) is 34.7 Å². The van der Waals surface area contributed by atoms with Crippen LogP contribution in [0.5, 0.6) is 23.0 Å². The smallest absolute Gasteiger partial charge is 0.231 e. The van der Waals surface area contributed by atoms with Crippen molar-refractivity contribution in [1.29, 1.82) is 0 Å². The molecule has 0 atom stereocenters. The molecule has 0 radical (unpaired) electrons. The predicted molar refractivity (Wildman–Crippen MR) is 324 cm³/mol. The number of rotatable bonds is 8. The summed E-state index contributed by atoms with van der Waals surface area (Å²) in [4.78, 5) is 4.85. The van der Waals surface area contributed by atoms with Crippen LogP contribution in [0.2, 0.25) is 0 Å². The molecule has 2 saturated carbocycles. The summed E-state index contributed by atoms with van der Waals surface area (Å²) in [5.41, 5.74) is 17.9. The first-order valence-corrected chi connectivity index (χ1v) is 29.5. The van der Waals surface area contributed by atoms with Gasteiger partial charge in [0.05, 0.1) is 10.8 Å². The van der Waals surface area contributed by atoms with E-state index in [-0.39, 0.29) is 21.7 Å². The van der Waals surface area contributed by atoms with Crippen molar-refractivity contribution in [2.45, 2.75) is 127 Å². The lowest BCUT2D eigenvalue weighted by atomic mass is 9.68. The minimum atomic E-state index is -0.248. The SMILES string of the molecule is CN1/C(=C/C=C/C2=[N+](Cc3ccc(C[N+]4=C(/C=C/C=C5/N(C)c6cc7c(cc6C56CCCCC6)OCO7)C(C)(C)c5c4ccc4ccccc54)cc3)c3ccc4ccccc4c3C2(C)C)C2(CCCCC2)c2cc3c(cc21)OCO3. The molecule has 15 rings (SSSR count). The normalized spacial score (nSPS) is 21.5. The summed E-state index contributed by atoms with van der Waals surface area (Å²) < 4.78 is 28.9. The number of ether oxygens (including phenoxy) is 4. The van der Waals surface area contributed by atoms with E-state index in [1.165, 1.54) is 139 Å². The molecule has 7 aromatic carbocycles. The molecule has 8 nitrogen and oxygen atoms in total. The first-order chi connectivity index (χ1) is 38.9. The molecule has 0 saturated heterocycles. The zero-order valence-electron chi connectivity index (χ0n) is 47.3. The summed E-state index contributed by atoms with van der Waals surface area (Å²) >= 11 is 0. The molecule has 6 heterocycles. The Bertz CT molecular complexity index is 3690. The van der Waals surface area contributed by atoms with Crippen LogP contribution >= 0.6 is 0 Å². The minimum absolute atomic E-state index is 0.0399. The number of benzene rings is 7. The Labute approximate surface area is 471 Å². The largest absolute Gasteiger partial charge is 0.454 e. The van der Waals surface area contributed by atoms with Crippen LogP contribution in [0.4, 0.5) is 22.7 Å². The third kappa shape index (κ3) is 7.32. The fourth-order valence-corrected chi connectivity index (χ4v) is 16.3. The molecule has 80 heavy (non-hydrogen) atoms. The molecule has 402 valence electrons. The second-order valence-electron chi connectivity index (χ2n) is 25.0. The van der Waals surface area contributed by atoms with E-state index < -0.39 is 0 Å². The Kier molecular flexibility index (Phi) is 11.3. The summed E-state index contributed by atoms with van der Waals surface area (Å²) in [5.74, 6) is 3.45. The Morgan fingerprint density at radius 3 is 1.26 bits per heavy atom. The fraction of sp³-hybridized carbons (Fsp3) is 0.333. The van der Waals surface area contributed by atoms with Crippen molar-refractivity contribution in [2.75, 3.05) is 37.5 Å². The van der Waals surface area contributed by atoms with Gasteiger partial charge in [0, 0.05) is 106 Å². The zero-order valence-corrected chi connectivity index (χ0v) is 47.3. The number of fused-ring (bicyclic) bond motifs is 12. The van der Waals surface area contributed by atoms with Crippen LogP contribution < -0.4 is 28.7 Å². The molecule has 7 aromatic rings. The van der Waals surface area contributed by atoms with Crippen LogP contribution in [-0.4, -0.2) is 48.3 Å². The molecule has 6 aliphatic heterocycles. The number of anilines is 2. The highest BCUT2D eigenvalue weighted by atomic mass is 16.7. The highest BCUT2D eigenvalue weighted by molar-refractivity contribution is 6.09. The Morgan fingerprint density at radius 1 is 0.463 bits per heavy atom. The van der Waals surface area contributed by atoms with Crippen molar-refractivity contribution in [2.24, 2.45) is 0 Å². The number of hydrogen-bond acceptors (Lipinski definition) is 6. The summed E-state index contributed by atoms with van der Waals surface area (Å²) in [7, 11) is 4.48. The van der Waals surface area contributed by atoms with Crippen molar-refractivity contribution in [1.82, 2.24) is 0 Å². The molecule has 8 heteroatoms. The van der Waals surface area contributed by atoms with Crippen molar-refractivity contribution >= 4 is 55.7 Å². The molecule has 0 bridgehead atoms. The maximum atomic E-state index is 5.96. The van der Waals surface area contributed by atoms with E-state index in [9.17, 15) is 0 Å². The Hall–Kier alpha value is -7.84. The van der Waals surface area contributed by atoms with Crippen LogP contribution in [0.25, 0.3) is 21.5 Å². The van der Waals surface area contributed by atoms with Crippen molar-refractivity contribution in [3.63, 3.8) is 0 Å². The van der Waals surface area contributed by atoms with E-state index in [1.54, 1.807) is 0 Å². The highest BCUT2D eigenvalue weighted by Crippen LogP contribution is 2.59. The van der Waals surface area contributed by atoms with Gasteiger partial charge in [0.1, 0.15) is 0 Å². The molecule has 0 N–H and O–H groups in total. The van der Waals surface area contributed by atoms with Gasteiger partial charge < -0.3 is 28.7 Å². The van der Waals surface area contributed by atoms with Gasteiger partial charge in [-0.15, -0.1) is 0 Å². The van der Waals surface area contributed by atoms with Crippen LogP contribution in [0.15, 0.2) is 169 Å². The fourth-order valence-electron chi connectivity index (χ4n) is 16.3. The van der Waals surface area contributed by atoms with E-state index in [4.69, 9.17) is 18.9 Å². The van der Waals surface area contributed by atoms with E-state index in [1.807, 2.05) is 0 Å². The maximum Gasteiger partial charge on any atom is 0.231 e. The molecule has 0 aromatic heterocycles. The average molecular weight is 1060 g/mol. The van der Waals surface area contributed by atoms with E-state index >= 15 is 0 Å². The predicted octanol–water partition coefficient (Wildman–Crippen LogP) is 16.2. The summed E-state index contributed by atoms with van der Waals surface area (Å²) in [6, 6.07) is 45.7. The van der Waals surface area contributed by atoms with Gasteiger partial charge in [0.15, 0.2) is 47.5 Å². The van der Waals surface area contributed by atoms with E-state index in [2.05, 4.69) is 219 Å². The maximum absolute atomic E-state index is 5.96. The quantitative estimate of drug-likeness (QED) is 0.141. The third-order valence-corrected chi connectivity index (χ3v) is 20.1. The number of nitrogens with zero attached hydrogens (tertiary/aromatic N) is 4. The topological polar surface area (TPSA) is 49.4 Å². The lowest BCUT2D eigenvalue weighted by molar-refractivity contribution is -0.455. The zero-order chi connectivity index (χ0) is 54.1. The first kappa shape index (κ1) is 49.2. The van der Waals surface area contributed by atoms with Gasteiger partial charge in [-0.2, -0.15) is 9.15 Å². The third-order valence-electron chi connectivity index (χ3n) is 20.1. The lowest BCUT2D eigenvalue weighted by Gasteiger charge is -2.36. The molecule has 0 unspecified atom stereocenters. The van der Waals surface area contributed by atoms with Crippen LogP contribution in [0, 0.1) is 0 Å². The van der Waals surface area contributed by atoms with Crippen molar-refractivity contribution < 1.29 is 28.1 Å².